The van der Waals surface area contributed by atoms with Crippen LogP contribution >= 0.6 is 0 Å². The summed E-state index contributed by atoms with van der Waals surface area (Å²) in [6, 6.07) is 0. The van der Waals surface area contributed by atoms with Crippen molar-refractivity contribution in [2.24, 2.45) is 11.8 Å². The second kappa shape index (κ2) is 13.3. The maximum atomic E-state index is 12.8. The Kier molecular flexibility index (Phi) is 11.5. The van der Waals surface area contributed by atoms with Gasteiger partial charge in [-0.1, -0.05) is 41.9 Å². The van der Waals surface area contributed by atoms with E-state index in [9.17, 15) is 14.7 Å². The van der Waals surface area contributed by atoms with Crippen molar-refractivity contribution < 1.29 is 28.9 Å². The summed E-state index contributed by atoms with van der Waals surface area (Å²) in [6.07, 6.45) is 7.99. The van der Waals surface area contributed by atoms with Crippen molar-refractivity contribution in [3.8, 4) is 0 Å². The molecule has 0 aliphatic heterocycles. The molecule has 4 atom stereocenters. The van der Waals surface area contributed by atoms with E-state index in [0.717, 1.165) is 24.0 Å². The molecule has 0 bridgehead atoms. The summed E-state index contributed by atoms with van der Waals surface area (Å²) < 4.78 is 16.2. The zero-order valence-electron chi connectivity index (χ0n) is 20.9. The first-order valence-electron chi connectivity index (χ1n) is 11.2. The minimum Gasteiger partial charge on any atom is -0.493 e. The SMILES string of the molecule is COC1=C(OC)[C@H](OC(C)=O)[C@H](C/C=C(\C)CC/C=C(\C)C[C@@H](O)C=C(C)C)[C@@H](C)C1=O. The van der Waals surface area contributed by atoms with Crippen molar-refractivity contribution in [2.45, 2.75) is 79.4 Å². The van der Waals surface area contributed by atoms with Crippen LogP contribution in [-0.2, 0) is 23.8 Å². The van der Waals surface area contributed by atoms with Crippen molar-refractivity contribution >= 4 is 11.8 Å². The highest BCUT2D eigenvalue weighted by Gasteiger charge is 2.44. The standard InChI is InChI=1S/C26H40O6/c1-16(2)14-21(28)15-18(4)11-9-10-17(3)12-13-22-19(5)23(29)25(30-7)26(31-8)24(22)32-20(6)27/h11-12,14,19,21-22,24,28H,9-10,13,15H2,1-8H3/b17-12+,18-11+/t19-,21+,22-,24-/m1/s1. The number of rotatable bonds is 11. The molecule has 180 valence electrons. The molecule has 0 fully saturated rings. The fourth-order valence-corrected chi connectivity index (χ4v) is 4.01. The molecule has 0 aromatic carbocycles. The van der Waals surface area contributed by atoms with Gasteiger partial charge in [0.15, 0.2) is 11.9 Å². The number of ether oxygens (including phenoxy) is 3. The third kappa shape index (κ3) is 8.30. The molecule has 0 aromatic rings. The van der Waals surface area contributed by atoms with Crippen LogP contribution in [0.4, 0.5) is 0 Å². The quantitative estimate of drug-likeness (QED) is 0.352. The number of hydrogen-bond acceptors (Lipinski definition) is 6. The van der Waals surface area contributed by atoms with E-state index in [1.165, 1.54) is 26.7 Å². The largest absolute Gasteiger partial charge is 0.493 e. The number of carbonyl (C=O) groups is 2. The van der Waals surface area contributed by atoms with Crippen LogP contribution in [-0.4, -0.2) is 43.3 Å². The van der Waals surface area contributed by atoms with Crippen LogP contribution in [0, 0.1) is 11.8 Å². The number of ketones is 1. The molecular formula is C26H40O6. The lowest BCUT2D eigenvalue weighted by Crippen LogP contribution is -2.42. The molecule has 1 N–H and O–H groups in total. The normalized spacial score (nSPS) is 23.0. The summed E-state index contributed by atoms with van der Waals surface area (Å²) >= 11 is 0. The molecule has 32 heavy (non-hydrogen) atoms. The topological polar surface area (TPSA) is 82.1 Å². The van der Waals surface area contributed by atoms with Gasteiger partial charge in [-0.2, -0.15) is 0 Å². The highest BCUT2D eigenvalue weighted by molar-refractivity contribution is 5.97. The van der Waals surface area contributed by atoms with Gasteiger partial charge in [0.05, 0.1) is 20.3 Å². The van der Waals surface area contributed by atoms with Crippen LogP contribution in [0.2, 0.25) is 0 Å². The van der Waals surface area contributed by atoms with Crippen molar-refractivity contribution in [1.29, 1.82) is 0 Å². The minimum atomic E-state index is -0.664. The molecule has 0 heterocycles. The first-order chi connectivity index (χ1) is 15.0. The summed E-state index contributed by atoms with van der Waals surface area (Å²) in [5.74, 6) is -0.766. The van der Waals surface area contributed by atoms with Gasteiger partial charge in [-0.25, -0.2) is 0 Å². The lowest BCUT2D eigenvalue weighted by atomic mass is 9.77. The Balaban J connectivity index is 2.86. The van der Waals surface area contributed by atoms with E-state index in [-0.39, 0.29) is 29.1 Å². The van der Waals surface area contributed by atoms with E-state index in [2.05, 4.69) is 19.1 Å². The maximum Gasteiger partial charge on any atom is 0.303 e. The monoisotopic (exact) mass is 448 g/mol. The Bertz CT molecular complexity index is 782. The lowest BCUT2D eigenvalue weighted by molar-refractivity contribution is -0.153. The fraction of sp³-hybridized carbons (Fsp3) is 0.615. The Morgan fingerprint density at radius 3 is 2.25 bits per heavy atom. The number of hydrogen-bond donors (Lipinski definition) is 1. The van der Waals surface area contributed by atoms with Gasteiger partial charge < -0.3 is 19.3 Å². The summed E-state index contributed by atoms with van der Waals surface area (Å²) in [7, 11) is 2.87. The van der Waals surface area contributed by atoms with Gasteiger partial charge in [0.2, 0.25) is 11.5 Å². The fourth-order valence-electron chi connectivity index (χ4n) is 4.01. The molecule has 0 radical (unpaired) electrons. The Morgan fingerprint density at radius 1 is 1.06 bits per heavy atom. The molecule has 0 amide bonds. The van der Waals surface area contributed by atoms with Gasteiger partial charge in [-0.3, -0.25) is 9.59 Å². The second-order valence-corrected chi connectivity index (χ2v) is 8.84. The predicted molar refractivity (Wildman–Crippen MR) is 126 cm³/mol. The predicted octanol–water partition coefficient (Wildman–Crippen LogP) is 5.04. The summed E-state index contributed by atoms with van der Waals surface area (Å²) in [4.78, 5) is 24.5. The van der Waals surface area contributed by atoms with Crippen molar-refractivity contribution in [2.75, 3.05) is 14.2 Å². The first kappa shape index (κ1) is 27.7. The van der Waals surface area contributed by atoms with Crippen LogP contribution in [0.1, 0.15) is 67.2 Å². The minimum absolute atomic E-state index is 0.124. The van der Waals surface area contributed by atoms with E-state index in [4.69, 9.17) is 14.2 Å². The third-order valence-electron chi connectivity index (χ3n) is 5.69. The molecular weight excluding hydrogens is 408 g/mol. The smallest absolute Gasteiger partial charge is 0.303 e. The van der Waals surface area contributed by atoms with Crippen LogP contribution in [0.15, 0.2) is 46.5 Å². The number of aliphatic hydroxyl groups excluding tert-OH is 1. The van der Waals surface area contributed by atoms with E-state index in [0.29, 0.717) is 12.8 Å². The van der Waals surface area contributed by atoms with Gasteiger partial charge >= 0.3 is 5.97 Å². The number of carbonyl (C=O) groups excluding carboxylic acids is 2. The summed E-state index contributed by atoms with van der Waals surface area (Å²) in [5.41, 5.74) is 3.46. The zero-order valence-corrected chi connectivity index (χ0v) is 20.9. The molecule has 6 nitrogen and oxygen atoms in total. The summed E-state index contributed by atoms with van der Waals surface area (Å²) in [5, 5.41) is 10.0. The first-order valence-corrected chi connectivity index (χ1v) is 11.2. The molecule has 0 spiro atoms. The number of aliphatic hydroxyl groups is 1. The highest BCUT2D eigenvalue weighted by atomic mass is 16.6. The van der Waals surface area contributed by atoms with Crippen molar-refractivity contribution in [3.05, 3.63) is 46.5 Å². The van der Waals surface area contributed by atoms with Crippen molar-refractivity contribution in [1.82, 2.24) is 0 Å². The van der Waals surface area contributed by atoms with Crippen LogP contribution < -0.4 is 0 Å². The third-order valence-corrected chi connectivity index (χ3v) is 5.69. The second-order valence-electron chi connectivity index (χ2n) is 8.84. The molecule has 0 saturated heterocycles. The molecule has 1 rings (SSSR count). The molecule has 1 aliphatic carbocycles. The van der Waals surface area contributed by atoms with Crippen LogP contribution in [0.5, 0.6) is 0 Å². The lowest BCUT2D eigenvalue weighted by Gasteiger charge is -2.35. The Hall–Kier alpha value is -2.34. The molecule has 0 saturated carbocycles. The van der Waals surface area contributed by atoms with Gasteiger partial charge in [-0.15, -0.1) is 0 Å². The van der Waals surface area contributed by atoms with Crippen molar-refractivity contribution in [3.63, 3.8) is 0 Å². The number of allylic oxidation sites excluding steroid dienone is 5. The van der Waals surface area contributed by atoms with E-state index in [1.807, 2.05) is 33.8 Å². The van der Waals surface area contributed by atoms with Gasteiger partial charge in [0, 0.05) is 18.8 Å². The number of methoxy groups -OCH3 is 2. The number of esters is 1. The van der Waals surface area contributed by atoms with E-state index < -0.39 is 18.2 Å². The average molecular weight is 449 g/mol. The molecule has 0 aromatic heterocycles. The number of Topliss-reactive ketones (excluding diaryl/α,β-unsaturated/α-hetero) is 1. The summed E-state index contributed by atoms with van der Waals surface area (Å²) in [6.45, 7) is 11.2. The Labute approximate surface area is 193 Å². The Morgan fingerprint density at radius 2 is 1.72 bits per heavy atom. The maximum absolute atomic E-state index is 12.8. The van der Waals surface area contributed by atoms with Gasteiger partial charge in [0.25, 0.3) is 0 Å². The van der Waals surface area contributed by atoms with Gasteiger partial charge in [-0.05, 0) is 53.4 Å². The molecule has 1 aliphatic rings. The zero-order chi connectivity index (χ0) is 24.4. The molecule has 0 unspecified atom stereocenters. The van der Waals surface area contributed by atoms with Crippen LogP contribution in [0.3, 0.4) is 0 Å². The average Bonchev–Trinajstić information content (AvgIpc) is 2.68. The van der Waals surface area contributed by atoms with Crippen LogP contribution in [0.25, 0.3) is 0 Å². The molecule has 6 heteroatoms. The highest BCUT2D eigenvalue weighted by Crippen LogP contribution is 2.37. The van der Waals surface area contributed by atoms with E-state index in [1.54, 1.807) is 0 Å². The van der Waals surface area contributed by atoms with E-state index >= 15 is 0 Å². The van der Waals surface area contributed by atoms with Gasteiger partial charge in [0.1, 0.15) is 0 Å².